The summed E-state index contributed by atoms with van der Waals surface area (Å²) in [4.78, 5) is 19.3. The molecular formula is C19H17N3O2. The number of carbonyl (C=O) groups is 1. The number of rotatable bonds is 6. The summed E-state index contributed by atoms with van der Waals surface area (Å²) in [6.07, 6.45) is 1.64. The van der Waals surface area contributed by atoms with Crippen molar-refractivity contribution in [3.8, 4) is 11.3 Å². The molecule has 3 rings (SSSR count). The van der Waals surface area contributed by atoms with Crippen LogP contribution in [0.15, 0.2) is 67.0 Å². The zero-order chi connectivity index (χ0) is 16.8. The molecule has 0 unspecified atom stereocenters. The van der Waals surface area contributed by atoms with Gasteiger partial charge < -0.3 is 10.4 Å². The number of anilines is 1. The molecule has 2 N–H and O–H groups in total. The highest BCUT2D eigenvalue weighted by molar-refractivity contribution is 5.78. The number of nitrogens with zero attached hydrogens (tertiary/aromatic N) is 2. The number of aldehydes is 1. The maximum atomic E-state index is 10.9. The van der Waals surface area contributed by atoms with Crippen molar-refractivity contribution < 1.29 is 9.90 Å². The SMILES string of the molecule is O=Cc1cccc(-c2cc(NC[C@H](O)c3ccccc3)ncn2)c1. The van der Waals surface area contributed by atoms with Crippen LogP contribution in [-0.4, -0.2) is 27.9 Å². The second kappa shape index (κ2) is 7.48. The van der Waals surface area contributed by atoms with E-state index in [1.807, 2.05) is 42.5 Å². The monoisotopic (exact) mass is 319 g/mol. The Kier molecular flexibility index (Phi) is 4.93. The first-order valence-electron chi connectivity index (χ1n) is 7.61. The molecule has 0 aliphatic heterocycles. The molecule has 1 heterocycles. The van der Waals surface area contributed by atoms with Gasteiger partial charge >= 0.3 is 0 Å². The van der Waals surface area contributed by atoms with Crippen LogP contribution in [0.5, 0.6) is 0 Å². The quantitative estimate of drug-likeness (QED) is 0.683. The van der Waals surface area contributed by atoms with Crippen molar-refractivity contribution in [3.05, 3.63) is 78.1 Å². The van der Waals surface area contributed by atoms with Crippen LogP contribution in [0.3, 0.4) is 0 Å². The maximum absolute atomic E-state index is 10.9. The molecule has 24 heavy (non-hydrogen) atoms. The number of aliphatic hydroxyl groups excluding tert-OH is 1. The van der Waals surface area contributed by atoms with Crippen LogP contribution in [0.1, 0.15) is 22.0 Å². The molecule has 0 spiro atoms. The second-order valence-electron chi connectivity index (χ2n) is 5.34. The number of benzene rings is 2. The van der Waals surface area contributed by atoms with E-state index in [0.717, 1.165) is 17.4 Å². The molecule has 3 aromatic rings. The molecule has 0 amide bonds. The van der Waals surface area contributed by atoms with E-state index in [1.54, 1.807) is 18.2 Å². The fraction of sp³-hybridized carbons (Fsp3) is 0.105. The van der Waals surface area contributed by atoms with E-state index in [0.29, 0.717) is 23.6 Å². The van der Waals surface area contributed by atoms with Crippen LogP contribution < -0.4 is 5.32 Å². The molecule has 0 saturated heterocycles. The van der Waals surface area contributed by atoms with Gasteiger partial charge in [0.1, 0.15) is 18.4 Å². The summed E-state index contributed by atoms with van der Waals surface area (Å²) in [5.41, 5.74) is 3.00. The highest BCUT2D eigenvalue weighted by Crippen LogP contribution is 2.20. The largest absolute Gasteiger partial charge is 0.387 e. The first kappa shape index (κ1) is 15.8. The molecule has 120 valence electrons. The molecule has 1 aromatic heterocycles. The lowest BCUT2D eigenvalue weighted by Gasteiger charge is -2.13. The van der Waals surface area contributed by atoms with E-state index in [-0.39, 0.29) is 0 Å². The molecule has 0 radical (unpaired) electrons. The standard InChI is InChI=1S/C19H17N3O2/c23-12-14-5-4-8-16(9-14)17-10-19(22-13-21-17)20-11-18(24)15-6-2-1-3-7-15/h1-10,12-13,18,24H,11H2,(H,20,21,22)/t18-/m0/s1. The Labute approximate surface area is 140 Å². The van der Waals surface area contributed by atoms with Crippen LogP contribution >= 0.6 is 0 Å². The second-order valence-corrected chi connectivity index (χ2v) is 5.34. The van der Waals surface area contributed by atoms with Crippen molar-refractivity contribution in [2.24, 2.45) is 0 Å². The molecule has 0 aliphatic carbocycles. The summed E-state index contributed by atoms with van der Waals surface area (Å²) >= 11 is 0. The number of nitrogens with one attached hydrogen (secondary N) is 1. The van der Waals surface area contributed by atoms with Crippen LogP contribution in [0, 0.1) is 0 Å². The van der Waals surface area contributed by atoms with E-state index in [2.05, 4.69) is 15.3 Å². The van der Waals surface area contributed by atoms with E-state index in [9.17, 15) is 9.90 Å². The minimum Gasteiger partial charge on any atom is -0.387 e. The van der Waals surface area contributed by atoms with Gasteiger partial charge in [-0.1, -0.05) is 48.5 Å². The molecule has 2 aromatic carbocycles. The van der Waals surface area contributed by atoms with Crippen LogP contribution in [0.2, 0.25) is 0 Å². The Morgan fingerprint density at radius 3 is 2.67 bits per heavy atom. The Bertz CT molecular complexity index is 822. The van der Waals surface area contributed by atoms with Gasteiger partial charge in [-0.25, -0.2) is 9.97 Å². The minimum atomic E-state index is -0.622. The van der Waals surface area contributed by atoms with Crippen molar-refractivity contribution in [3.63, 3.8) is 0 Å². The van der Waals surface area contributed by atoms with Crippen LogP contribution in [0.25, 0.3) is 11.3 Å². The topological polar surface area (TPSA) is 75.1 Å². The summed E-state index contributed by atoms with van der Waals surface area (Å²) in [5, 5.41) is 13.3. The molecular weight excluding hydrogens is 302 g/mol. The molecule has 0 aliphatic rings. The van der Waals surface area contributed by atoms with Crippen molar-refractivity contribution in [1.29, 1.82) is 0 Å². The Hall–Kier alpha value is -3.05. The smallest absolute Gasteiger partial charge is 0.150 e. The summed E-state index contributed by atoms with van der Waals surface area (Å²) in [6, 6.07) is 18.5. The van der Waals surface area contributed by atoms with Gasteiger partial charge in [0.2, 0.25) is 0 Å². The van der Waals surface area contributed by atoms with Gasteiger partial charge in [-0.3, -0.25) is 4.79 Å². The molecule has 1 atom stereocenters. The van der Waals surface area contributed by atoms with Gasteiger partial charge in [0.05, 0.1) is 11.8 Å². The lowest BCUT2D eigenvalue weighted by molar-refractivity contribution is 0.112. The van der Waals surface area contributed by atoms with Gasteiger partial charge in [-0.05, 0) is 11.6 Å². The minimum absolute atomic E-state index is 0.342. The van der Waals surface area contributed by atoms with Gasteiger partial charge in [-0.15, -0.1) is 0 Å². The summed E-state index contributed by atoms with van der Waals surface area (Å²) in [7, 11) is 0. The van der Waals surface area contributed by atoms with Gasteiger partial charge in [0, 0.05) is 23.7 Å². The fourth-order valence-electron chi connectivity index (χ4n) is 2.38. The molecule has 5 nitrogen and oxygen atoms in total. The van der Waals surface area contributed by atoms with E-state index >= 15 is 0 Å². The van der Waals surface area contributed by atoms with Crippen molar-refractivity contribution >= 4 is 12.1 Å². The summed E-state index contributed by atoms with van der Waals surface area (Å²) in [5.74, 6) is 0.617. The van der Waals surface area contributed by atoms with Crippen molar-refractivity contribution in [2.75, 3.05) is 11.9 Å². The van der Waals surface area contributed by atoms with E-state index < -0.39 is 6.10 Å². The molecule has 0 fully saturated rings. The number of hydrogen-bond acceptors (Lipinski definition) is 5. The summed E-state index contributed by atoms with van der Waals surface area (Å²) < 4.78 is 0. The highest BCUT2D eigenvalue weighted by atomic mass is 16.3. The van der Waals surface area contributed by atoms with Crippen LogP contribution in [-0.2, 0) is 0 Å². The average molecular weight is 319 g/mol. The Balaban J connectivity index is 1.72. The number of aliphatic hydroxyl groups is 1. The van der Waals surface area contributed by atoms with Gasteiger partial charge in [0.25, 0.3) is 0 Å². The lowest BCUT2D eigenvalue weighted by Crippen LogP contribution is -2.13. The third-order valence-corrected chi connectivity index (χ3v) is 3.65. The first-order chi connectivity index (χ1) is 11.8. The highest BCUT2D eigenvalue weighted by Gasteiger charge is 2.08. The molecule has 0 bridgehead atoms. The van der Waals surface area contributed by atoms with Gasteiger partial charge in [-0.2, -0.15) is 0 Å². The van der Waals surface area contributed by atoms with Gasteiger partial charge in [0.15, 0.2) is 0 Å². The lowest BCUT2D eigenvalue weighted by atomic mass is 10.1. The normalized spacial score (nSPS) is 11.7. The predicted molar refractivity (Wildman–Crippen MR) is 92.7 cm³/mol. The fourth-order valence-corrected chi connectivity index (χ4v) is 2.38. The molecule has 5 heteroatoms. The number of carbonyl (C=O) groups excluding carboxylic acids is 1. The van der Waals surface area contributed by atoms with E-state index in [1.165, 1.54) is 6.33 Å². The van der Waals surface area contributed by atoms with Crippen molar-refractivity contribution in [1.82, 2.24) is 9.97 Å². The zero-order valence-corrected chi connectivity index (χ0v) is 13.0. The third-order valence-electron chi connectivity index (χ3n) is 3.65. The van der Waals surface area contributed by atoms with Crippen molar-refractivity contribution in [2.45, 2.75) is 6.10 Å². The molecule has 0 saturated carbocycles. The number of hydrogen-bond donors (Lipinski definition) is 2. The zero-order valence-electron chi connectivity index (χ0n) is 13.0. The predicted octanol–water partition coefficient (Wildman–Crippen LogP) is 3.10. The Morgan fingerprint density at radius 2 is 1.88 bits per heavy atom. The average Bonchev–Trinajstić information content (AvgIpc) is 2.67. The number of aromatic nitrogens is 2. The van der Waals surface area contributed by atoms with E-state index in [4.69, 9.17) is 0 Å². The first-order valence-corrected chi connectivity index (χ1v) is 7.61. The van der Waals surface area contributed by atoms with Crippen LogP contribution in [0.4, 0.5) is 5.82 Å². The Morgan fingerprint density at radius 1 is 1.04 bits per heavy atom. The maximum Gasteiger partial charge on any atom is 0.150 e. The third kappa shape index (κ3) is 3.83. The summed E-state index contributed by atoms with van der Waals surface area (Å²) in [6.45, 7) is 0.342.